The number of benzene rings is 1. The summed E-state index contributed by atoms with van der Waals surface area (Å²) in [5.41, 5.74) is 0. The molecule has 0 aromatic heterocycles. The number of carbonyl (C=O) groups is 1. The molecule has 9 heteroatoms. The maximum absolute atomic E-state index is 13.3. The number of halogens is 4. The van der Waals surface area contributed by atoms with Crippen LogP contribution < -0.4 is 15.4 Å². The van der Waals surface area contributed by atoms with Gasteiger partial charge in [0.2, 0.25) is 0 Å². The maximum Gasteiger partial charge on any atom is 0.405 e. The second-order valence-electron chi connectivity index (χ2n) is 5.81. The highest BCUT2D eigenvalue weighted by atomic mass is 35.5. The van der Waals surface area contributed by atoms with E-state index in [2.05, 4.69) is 10.6 Å². The highest BCUT2D eigenvalue weighted by molar-refractivity contribution is 6.30. The number of carbonyl (C=O) groups excluding carboxylic acids is 1. The molecule has 1 aromatic rings. The smallest absolute Gasteiger partial charge is 0.405 e. The van der Waals surface area contributed by atoms with Gasteiger partial charge in [0, 0.05) is 37.7 Å². The Balaban J connectivity index is 1.91. The predicted octanol–water partition coefficient (Wildman–Crippen LogP) is 2.06. The Hall–Kier alpha value is -1.51. The largest absolute Gasteiger partial charge is 0.481 e. The molecule has 0 aliphatic carbocycles. The molecule has 1 fully saturated rings. The number of hydrogen-bond acceptors (Lipinski definition) is 4. The standard InChI is InChI=1S/C16H21ClF3N3O2/c1-11(25-13-4-2-3-12(17)9-13)15(24)22-10-14(16(18,19)20)23-7-5-21-6-8-23/h2-4,9,11,14,21H,5-8,10H2,1H3,(H,22,24). The van der Waals surface area contributed by atoms with Gasteiger partial charge in [0.15, 0.2) is 6.10 Å². The molecule has 0 spiro atoms. The number of nitrogens with one attached hydrogen (secondary N) is 2. The highest BCUT2D eigenvalue weighted by Gasteiger charge is 2.44. The summed E-state index contributed by atoms with van der Waals surface area (Å²) in [5.74, 6) is -0.228. The first-order valence-electron chi connectivity index (χ1n) is 7.99. The summed E-state index contributed by atoms with van der Waals surface area (Å²) in [4.78, 5) is 13.4. The predicted molar refractivity (Wildman–Crippen MR) is 88.8 cm³/mol. The molecule has 1 aromatic carbocycles. The lowest BCUT2D eigenvalue weighted by Gasteiger charge is -2.36. The van der Waals surface area contributed by atoms with Crippen molar-refractivity contribution in [1.29, 1.82) is 0 Å². The van der Waals surface area contributed by atoms with Gasteiger partial charge in [-0.3, -0.25) is 9.69 Å². The van der Waals surface area contributed by atoms with Gasteiger partial charge in [-0.05, 0) is 25.1 Å². The molecular weight excluding hydrogens is 359 g/mol. The third-order valence-corrected chi connectivity index (χ3v) is 4.15. The quantitative estimate of drug-likeness (QED) is 0.794. The Kier molecular flexibility index (Phi) is 6.92. The Bertz CT molecular complexity index is 580. The van der Waals surface area contributed by atoms with Crippen molar-refractivity contribution < 1.29 is 22.7 Å². The SMILES string of the molecule is CC(Oc1cccc(Cl)c1)C(=O)NCC(N1CCNCC1)C(F)(F)F. The lowest BCUT2D eigenvalue weighted by atomic mass is 10.2. The van der Waals surface area contributed by atoms with E-state index in [4.69, 9.17) is 16.3 Å². The van der Waals surface area contributed by atoms with E-state index in [-0.39, 0.29) is 13.1 Å². The van der Waals surface area contributed by atoms with Crippen molar-refractivity contribution in [2.24, 2.45) is 0 Å². The molecule has 2 N–H and O–H groups in total. The Labute approximate surface area is 149 Å². The molecule has 5 nitrogen and oxygen atoms in total. The minimum Gasteiger partial charge on any atom is -0.481 e. The van der Waals surface area contributed by atoms with Crippen molar-refractivity contribution in [3.8, 4) is 5.75 Å². The van der Waals surface area contributed by atoms with Crippen LogP contribution in [0.4, 0.5) is 13.2 Å². The Morgan fingerprint density at radius 2 is 2.08 bits per heavy atom. The molecule has 2 unspecified atom stereocenters. The number of piperazine rings is 1. The van der Waals surface area contributed by atoms with Crippen LogP contribution in [0.1, 0.15) is 6.92 Å². The summed E-state index contributed by atoms with van der Waals surface area (Å²) in [6.07, 6.45) is -5.35. The van der Waals surface area contributed by atoms with Crippen LogP contribution in [0.15, 0.2) is 24.3 Å². The summed E-state index contributed by atoms with van der Waals surface area (Å²) in [6.45, 7) is 2.53. The lowest BCUT2D eigenvalue weighted by molar-refractivity contribution is -0.184. The number of amides is 1. The van der Waals surface area contributed by atoms with Gasteiger partial charge in [-0.15, -0.1) is 0 Å². The highest BCUT2D eigenvalue weighted by Crippen LogP contribution is 2.25. The fraction of sp³-hybridized carbons (Fsp3) is 0.562. The second kappa shape index (κ2) is 8.73. The fourth-order valence-electron chi connectivity index (χ4n) is 2.58. The van der Waals surface area contributed by atoms with E-state index in [1.165, 1.54) is 17.9 Å². The molecular formula is C16H21ClF3N3O2. The van der Waals surface area contributed by atoms with E-state index in [1.54, 1.807) is 18.2 Å². The molecule has 2 rings (SSSR count). The molecule has 0 bridgehead atoms. The number of rotatable bonds is 6. The molecule has 0 saturated carbocycles. The summed E-state index contributed by atoms with van der Waals surface area (Å²) in [6, 6.07) is 4.75. The zero-order valence-electron chi connectivity index (χ0n) is 13.8. The zero-order valence-corrected chi connectivity index (χ0v) is 14.5. The molecule has 1 saturated heterocycles. The summed E-state index contributed by atoms with van der Waals surface area (Å²) in [7, 11) is 0. The molecule has 1 aliphatic rings. The lowest BCUT2D eigenvalue weighted by Crippen LogP contribution is -2.58. The maximum atomic E-state index is 13.3. The van der Waals surface area contributed by atoms with Crippen LogP contribution in [-0.2, 0) is 4.79 Å². The number of hydrogen-bond donors (Lipinski definition) is 2. The molecule has 0 radical (unpaired) electrons. The second-order valence-corrected chi connectivity index (χ2v) is 6.24. The van der Waals surface area contributed by atoms with Crippen molar-refractivity contribution in [3.63, 3.8) is 0 Å². The van der Waals surface area contributed by atoms with E-state index in [0.717, 1.165) is 0 Å². The normalized spacial score (nSPS) is 18.4. The molecule has 1 amide bonds. The minimum absolute atomic E-state index is 0.286. The van der Waals surface area contributed by atoms with E-state index in [1.807, 2.05) is 0 Å². The van der Waals surface area contributed by atoms with E-state index in [0.29, 0.717) is 23.9 Å². The first kappa shape index (κ1) is 19.8. The van der Waals surface area contributed by atoms with E-state index >= 15 is 0 Å². The van der Waals surface area contributed by atoms with E-state index < -0.39 is 30.8 Å². The van der Waals surface area contributed by atoms with Crippen molar-refractivity contribution >= 4 is 17.5 Å². The van der Waals surface area contributed by atoms with Gasteiger partial charge in [0.1, 0.15) is 11.8 Å². The van der Waals surface area contributed by atoms with Gasteiger partial charge in [-0.1, -0.05) is 17.7 Å². The number of ether oxygens (including phenoxy) is 1. The van der Waals surface area contributed by atoms with Crippen LogP contribution in [0.2, 0.25) is 5.02 Å². The van der Waals surface area contributed by atoms with Crippen molar-refractivity contribution in [3.05, 3.63) is 29.3 Å². The van der Waals surface area contributed by atoms with Crippen molar-refractivity contribution in [1.82, 2.24) is 15.5 Å². The number of nitrogens with zero attached hydrogens (tertiary/aromatic N) is 1. The molecule has 140 valence electrons. The van der Waals surface area contributed by atoms with Crippen molar-refractivity contribution in [2.75, 3.05) is 32.7 Å². The van der Waals surface area contributed by atoms with Gasteiger partial charge < -0.3 is 15.4 Å². The van der Waals surface area contributed by atoms with Crippen LogP contribution in [0.25, 0.3) is 0 Å². The fourth-order valence-corrected chi connectivity index (χ4v) is 2.76. The third kappa shape index (κ3) is 6.05. The van der Waals surface area contributed by atoms with Crippen LogP contribution in [-0.4, -0.2) is 61.9 Å². The first-order chi connectivity index (χ1) is 11.8. The van der Waals surface area contributed by atoms with Gasteiger partial charge in [0.05, 0.1) is 0 Å². The van der Waals surface area contributed by atoms with Crippen LogP contribution in [0.3, 0.4) is 0 Å². The Morgan fingerprint density at radius 1 is 1.40 bits per heavy atom. The van der Waals surface area contributed by atoms with Crippen molar-refractivity contribution in [2.45, 2.75) is 25.2 Å². The van der Waals surface area contributed by atoms with Crippen LogP contribution in [0.5, 0.6) is 5.75 Å². The van der Waals surface area contributed by atoms with Gasteiger partial charge >= 0.3 is 6.18 Å². The molecule has 1 aliphatic heterocycles. The third-order valence-electron chi connectivity index (χ3n) is 3.92. The first-order valence-corrected chi connectivity index (χ1v) is 8.36. The monoisotopic (exact) mass is 379 g/mol. The van der Waals surface area contributed by atoms with Gasteiger partial charge in [-0.25, -0.2) is 0 Å². The van der Waals surface area contributed by atoms with E-state index in [9.17, 15) is 18.0 Å². The molecule has 1 heterocycles. The van der Waals surface area contributed by atoms with Gasteiger partial charge in [-0.2, -0.15) is 13.2 Å². The topological polar surface area (TPSA) is 53.6 Å². The summed E-state index contributed by atoms with van der Waals surface area (Å²) < 4.78 is 45.3. The summed E-state index contributed by atoms with van der Waals surface area (Å²) in [5, 5.41) is 5.80. The summed E-state index contributed by atoms with van der Waals surface area (Å²) >= 11 is 5.83. The zero-order chi connectivity index (χ0) is 18.4. The van der Waals surface area contributed by atoms with Crippen LogP contribution >= 0.6 is 11.6 Å². The molecule has 2 atom stereocenters. The van der Waals surface area contributed by atoms with Gasteiger partial charge in [0.25, 0.3) is 5.91 Å². The minimum atomic E-state index is -4.42. The van der Waals surface area contributed by atoms with Crippen LogP contribution in [0, 0.1) is 0 Å². The Morgan fingerprint density at radius 3 is 2.68 bits per heavy atom. The number of alkyl halides is 3. The average molecular weight is 380 g/mol. The average Bonchev–Trinajstić information content (AvgIpc) is 2.54. The molecule has 25 heavy (non-hydrogen) atoms.